The van der Waals surface area contributed by atoms with Crippen molar-refractivity contribution in [2.45, 2.75) is 26.9 Å². The van der Waals surface area contributed by atoms with Gasteiger partial charge in [-0.2, -0.15) is 0 Å². The van der Waals surface area contributed by atoms with Crippen molar-refractivity contribution in [1.29, 1.82) is 0 Å². The highest BCUT2D eigenvalue weighted by atomic mass is 79.9. The van der Waals surface area contributed by atoms with Gasteiger partial charge < -0.3 is 9.47 Å². The van der Waals surface area contributed by atoms with Crippen molar-refractivity contribution in [3.8, 4) is 5.88 Å². The molecule has 0 saturated carbocycles. The van der Waals surface area contributed by atoms with Gasteiger partial charge >= 0.3 is 0 Å². The zero-order valence-electron chi connectivity index (χ0n) is 9.29. The molecule has 0 aliphatic rings. The summed E-state index contributed by atoms with van der Waals surface area (Å²) < 4.78 is 11.8. The number of pyridine rings is 1. The van der Waals surface area contributed by atoms with Crippen molar-refractivity contribution in [3.63, 3.8) is 0 Å². The molecule has 1 rings (SSSR count). The van der Waals surface area contributed by atoms with Gasteiger partial charge in [0.05, 0.1) is 17.2 Å². The largest absolute Gasteiger partial charge is 0.474 e. The van der Waals surface area contributed by atoms with Gasteiger partial charge in [0.1, 0.15) is 6.61 Å². The molecule has 0 unspecified atom stereocenters. The Morgan fingerprint density at radius 3 is 2.80 bits per heavy atom. The molecule has 4 heteroatoms. The molecular weight excluding hydrogens is 258 g/mol. The van der Waals surface area contributed by atoms with Gasteiger partial charge in [0, 0.05) is 6.20 Å². The Morgan fingerprint density at radius 1 is 1.40 bits per heavy atom. The summed E-state index contributed by atoms with van der Waals surface area (Å²) in [6, 6.07) is 1.93. The minimum absolute atomic E-state index is 0.238. The predicted molar refractivity (Wildman–Crippen MR) is 63.3 cm³/mol. The molecule has 0 amide bonds. The van der Waals surface area contributed by atoms with Gasteiger partial charge in [0.2, 0.25) is 5.88 Å². The Bertz CT molecular complexity index is 315. The van der Waals surface area contributed by atoms with Crippen molar-refractivity contribution >= 4 is 15.9 Å². The second-order valence-corrected chi connectivity index (χ2v) is 4.31. The summed E-state index contributed by atoms with van der Waals surface area (Å²) in [4.78, 5) is 4.13. The van der Waals surface area contributed by atoms with Gasteiger partial charge in [0.15, 0.2) is 0 Å². The van der Waals surface area contributed by atoms with Gasteiger partial charge in [-0.1, -0.05) is 0 Å². The summed E-state index contributed by atoms with van der Waals surface area (Å²) in [5.74, 6) is 0.627. The van der Waals surface area contributed by atoms with E-state index in [-0.39, 0.29) is 6.10 Å². The number of aromatic nitrogens is 1. The van der Waals surface area contributed by atoms with Crippen LogP contribution in [-0.2, 0) is 4.74 Å². The molecule has 0 aromatic carbocycles. The molecule has 1 aromatic heterocycles. The van der Waals surface area contributed by atoms with Crippen LogP contribution in [0.15, 0.2) is 16.7 Å². The van der Waals surface area contributed by atoms with Crippen LogP contribution in [-0.4, -0.2) is 24.3 Å². The first kappa shape index (κ1) is 12.5. The van der Waals surface area contributed by atoms with Gasteiger partial charge in [-0.25, -0.2) is 4.98 Å². The first-order valence-electron chi connectivity index (χ1n) is 4.96. The third-order valence-electron chi connectivity index (χ3n) is 1.82. The molecule has 1 heterocycles. The molecule has 15 heavy (non-hydrogen) atoms. The molecule has 1 aromatic rings. The number of halogens is 1. The van der Waals surface area contributed by atoms with Crippen LogP contribution in [0, 0.1) is 6.92 Å². The molecule has 0 bridgehead atoms. The summed E-state index contributed by atoms with van der Waals surface area (Å²) in [7, 11) is 0. The zero-order chi connectivity index (χ0) is 11.3. The van der Waals surface area contributed by atoms with Gasteiger partial charge in [-0.15, -0.1) is 0 Å². The minimum atomic E-state index is 0.238. The minimum Gasteiger partial charge on any atom is -0.474 e. The topological polar surface area (TPSA) is 31.4 Å². The van der Waals surface area contributed by atoms with Crippen molar-refractivity contribution < 1.29 is 9.47 Å². The van der Waals surface area contributed by atoms with E-state index in [1.807, 2.05) is 26.8 Å². The van der Waals surface area contributed by atoms with E-state index in [0.717, 1.165) is 10.0 Å². The SMILES string of the molecule is Cc1ccnc(OCCOC(C)C)c1Br. The molecule has 0 atom stereocenters. The summed E-state index contributed by atoms with van der Waals surface area (Å²) in [6.45, 7) is 7.11. The zero-order valence-corrected chi connectivity index (χ0v) is 10.9. The van der Waals surface area contributed by atoms with E-state index in [0.29, 0.717) is 19.1 Å². The second-order valence-electron chi connectivity index (χ2n) is 3.51. The Morgan fingerprint density at radius 2 is 2.13 bits per heavy atom. The van der Waals surface area contributed by atoms with Gasteiger partial charge in [-0.3, -0.25) is 0 Å². The average Bonchev–Trinajstić information content (AvgIpc) is 2.18. The average molecular weight is 274 g/mol. The van der Waals surface area contributed by atoms with Crippen LogP contribution in [0.2, 0.25) is 0 Å². The van der Waals surface area contributed by atoms with Crippen molar-refractivity contribution in [2.24, 2.45) is 0 Å². The van der Waals surface area contributed by atoms with E-state index in [4.69, 9.17) is 9.47 Å². The van der Waals surface area contributed by atoms with Crippen LogP contribution >= 0.6 is 15.9 Å². The maximum absolute atomic E-state index is 5.49. The lowest BCUT2D eigenvalue weighted by atomic mass is 10.3. The monoisotopic (exact) mass is 273 g/mol. The maximum Gasteiger partial charge on any atom is 0.228 e. The number of hydrogen-bond acceptors (Lipinski definition) is 3. The van der Waals surface area contributed by atoms with E-state index in [1.165, 1.54) is 0 Å². The van der Waals surface area contributed by atoms with Crippen LogP contribution in [0.3, 0.4) is 0 Å². The molecule has 0 radical (unpaired) electrons. The fraction of sp³-hybridized carbons (Fsp3) is 0.545. The van der Waals surface area contributed by atoms with E-state index in [2.05, 4.69) is 20.9 Å². The molecule has 84 valence electrons. The third-order valence-corrected chi connectivity index (χ3v) is 2.79. The Balaban J connectivity index is 2.41. The fourth-order valence-electron chi connectivity index (χ4n) is 1.04. The third kappa shape index (κ3) is 4.18. The molecule has 3 nitrogen and oxygen atoms in total. The highest BCUT2D eigenvalue weighted by Crippen LogP contribution is 2.25. The highest BCUT2D eigenvalue weighted by Gasteiger charge is 2.04. The van der Waals surface area contributed by atoms with E-state index >= 15 is 0 Å². The lowest BCUT2D eigenvalue weighted by Gasteiger charge is -2.10. The second kappa shape index (κ2) is 6.08. The highest BCUT2D eigenvalue weighted by molar-refractivity contribution is 9.10. The molecular formula is C11H16BrNO2. The fourth-order valence-corrected chi connectivity index (χ4v) is 1.39. The predicted octanol–water partition coefficient (Wildman–Crippen LogP) is 2.96. The van der Waals surface area contributed by atoms with Crippen LogP contribution < -0.4 is 4.74 Å². The molecule has 0 N–H and O–H groups in total. The molecule has 0 saturated heterocycles. The lowest BCUT2D eigenvalue weighted by molar-refractivity contribution is 0.0540. The van der Waals surface area contributed by atoms with Crippen LogP contribution in [0.25, 0.3) is 0 Å². The maximum atomic E-state index is 5.49. The summed E-state index contributed by atoms with van der Waals surface area (Å²) in [5.41, 5.74) is 1.12. The number of rotatable bonds is 5. The first-order valence-corrected chi connectivity index (χ1v) is 5.76. The van der Waals surface area contributed by atoms with Crippen molar-refractivity contribution in [3.05, 3.63) is 22.3 Å². The van der Waals surface area contributed by atoms with Crippen molar-refractivity contribution in [1.82, 2.24) is 4.98 Å². The molecule has 0 aliphatic carbocycles. The first-order chi connectivity index (χ1) is 7.11. The summed E-state index contributed by atoms with van der Waals surface area (Å²) >= 11 is 3.43. The number of nitrogens with zero attached hydrogens (tertiary/aromatic N) is 1. The quantitative estimate of drug-likeness (QED) is 0.773. The lowest BCUT2D eigenvalue weighted by Crippen LogP contribution is -2.12. The van der Waals surface area contributed by atoms with Crippen LogP contribution in [0.4, 0.5) is 0 Å². The van der Waals surface area contributed by atoms with E-state index < -0.39 is 0 Å². The number of aryl methyl sites for hydroxylation is 1. The van der Waals surface area contributed by atoms with Gasteiger partial charge in [0.25, 0.3) is 0 Å². The number of hydrogen-bond donors (Lipinski definition) is 0. The Kier molecular flexibility index (Phi) is 5.05. The summed E-state index contributed by atoms with van der Waals surface area (Å²) in [5, 5.41) is 0. The van der Waals surface area contributed by atoms with Crippen molar-refractivity contribution in [2.75, 3.05) is 13.2 Å². The smallest absolute Gasteiger partial charge is 0.228 e. The molecule has 0 fully saturated rings. The standard InChI is InChI=1S/C11H16BrNO2/c1-8(2)14-6-7-15-11-10(12)9(3)4-5-13-11/h4-5,8H,6-7H2,1-3H3. The molecule has 0 aliphatic heterocycles. The molecule has 0 spiro atoms. The normalized spacial score (nSPS) is 10.7. The summed E-state index contributed by atoms with van der Waals surface area (Å²) in [6.07, 6.45) is 1.97. The Hall–Kier alpha value is -0.610. The van der Waals surface area contributed by atoms with E-state index in [9.17, 15) is 0 Å². The number of ether oxygens (including phenoxy) is 2. The van der Waals surface area contributed by atoms with Crippen LogP contribution in [0.5, 0.6) is 5.88 Å². The van der Waals surface area contributed by atoms with E-state index in [1.54, 1.807) is 6.20 Å². The van der Waals surface area contributed by atoms with Gasteiger partial charge in [-0.05, 0) is 48.3 Å². The Labute approximate surface area is 98.9 Å². The van der Waals surface area contributed by atoms with Crippen LogP contribution in [0.1, 0.15) is 19.4 Å².